The molecule has 0 amide bonds. The lowest BCUT2D eigenvalue weighted by Gasteiger charge is -2.15. The van der Waals surface area contributed by atoms with Crippen LogP contribution in [0.25, 0.3) is 0 Å². The monoisotopic (exact) mass is 320 g/mol. The van der Waals surface area contributed by atoms with Gasteiger partial charge in [-0.1, -0.05) is 17.7 Å². The number of hydrogen-bond acceptors (Lipinski definition) is 2. The van der Waals surface area contributed by atoms with Crippen molar-refractivity contribution in [3.8, 4) is 5.75 Å². The molecular weight excluding hydrogens is 304 g/mol. The van der Waals surface area contributed by atoms with E-state index in [1.54, 1.807) is 7.11 Å². The van der Waals surface area contributed by atoms with Gasteiger partial charge in [-0.15, -0.1) is 0 Å². The van der Waals surface area contributed by atoms with E-state index in [2.05, 4.69) is 10.6 Å². The van der Waals surface area contributed by atoms with Crippen molar-refractivity contribution in [2.45, 2.75) is 13.8 Å². The Balaban J connectivity index is 2.10. The third-order valence-electron chi connectivity index (χ3n) is 3.20. The normalized spacial score (nSPS) is 10.1. The first kappa shape index (κ1) is 15.6. The second-order valence-corrected chi connectivity index (χ2v) is 5.49. The summed E-state index contributed by atoms with van der Waals surface area (Å²) in [5.41, 5.74) is 3.86. The van der Waals surface area contributed by atoms with Crippen LogP contribution in [0.1, 0.15) is 11.1 Å². The van der Waals surface area contributed by atoms with Gasteiger partial charge in [-0.2, -0.15) is 0 Å². The van der Waals surface area contributed by atoms with Gasteiger partial charge in [0, 0.05) is 16.4 Å². The summed E-state index contributed by atoms with van der Waals surface area (Å²) in [6.45, 7) is 3.95. The smallest absolute Gasteiger partial charge is 0.175 e. The molecule has 0 saturated carbocycles. The summed E-state index contributed by atoms with van der Waals surface area (Å²) in [6, 6.07) is 11.5. The van der Waals surface area contributed by atoms with Gasteiger partial charge in [-0.3, -0.25) is 0 Å². The molecule has 0 spiro atoms. The van der Waals surface area contributed by atoms with E-state index in [9.17, 15) is 0 Å². The number of anilines is 2. The van der Waals surface area contributed by atoms with Crippen molar-refractivity contribution in [1.82, 2.24) is 0 Å². The maximum absolute atomic E-state index is 6.10. The van der Waals surface area contributed by atoms with Crippen LogP contribution in [-0.2, 0) is 0 Å². The third-order valence-corrected chi connectivity index (χ3v) is 3.81. The zero-order valence-corrected chi connectivity index (χ0v) is 13.7. The molecule has 0 aliphatic heterocycles. The second-order valence-electron chi connectivity index (χ2n) is 4.67. The molecule has 0 atom stereocenters. The largest absolute Gasteiger partial charge is 0.497 e. The summed E-state index contributed by atoms with van der Waals surface area (Å²) in [5, 5.41) is 7.57. The highest BCUT2D eigenvalue weighted by atomic mass is 35.5. The van der Waals surface area contributed by atoms with Gasteiger partial charge in [-0.05, 0) is 67.5 Å². The summed E-state index contributed by atoms with van der Waals surface area (Å²) >= 11 is 11.4. The lowest BCUT2D eigenvalue weighted by Crippen LogP contribution is -2.20. The third kappa shape index (κ3) is 3.86. The molecule has 0 unspecified atom stereocenters. The van der Waals surface area contributed by atoms with Gasteiger partial charge in [0.1, 0.15) is 5.75 Å². The van der Waals surface area contributed by atoms with Crippen LogP contribution in [0.4, 0.5) is 11.4 Å². The van der Waals surface area contributed by atoms with Gasteiger partial charge in [0.2, 0.25) is 0 Å². The fourth-order valence-electron chi connectivity index (χ4n) is 1.92. The van der Waals surface area contributed by atoms with Crippen molar-refractivity contribution >= 4 is 40.3 Å². The van der Waals surface area contributed by atoms with Gasteiger partial charge in [0.05, 0.1) is 7.11 Å². The van der Waals surface area contributed by atoms with E-state index >= 15 is 0 Å². The van der Waals surface area contributed by atoms with Gasteiger partial charge >= 0.3 is 0 Å². The van der Waals surface area contributed by atoms with Crippen LogP contribution in [0.3, 0.4) is 0 Å². The molecule has 0 radical (unpaired) electrons. The Hall–Kier alpha value is -1.78. The van der Waals surface area contributed by atoms with Gasteiger partial charge in [-0.25, -0.2) is 0 Å². The summed E-state index contributed by atoms with van der Waals surface area (Å²) < 4.78 is 5.19. The molecule has 0 aliphatic carbocycles. The minimum atomic E-state index is 0.522. The Morgan fingerprint density at radius 2 is 1.81 bits per heavy atom. The van der Waals surface area contributed by atoms with E-state index in [1.807, 2.05) is 50.2 Å². The van der Waals surface area contributed by atoms with Crippen LogP contribution in [-0.4, -0.2) is 12.2 Å². The van der Waals surface area contributed by atoms with E-state index in [0.29, 0.717) is 10.1 Å². The van der Waals surface area contributed by atoms with Crippen molar-refractivity contribution in [2.24, 2.45) is 0 Å². The highest BCUT2D eigenvalue weighted by Gasteiger charge is 2.06. The van der Waals surface area contributed by atoms with E-state index in [1.165, 1.54) is 0 Å². The molecule has 0 aliphatic rings. The van der Waals surface area contributed by atoms with Crippen molar-refractivity contribution in [2.75, 3.05) is 17.7 Å². The second kappa shape index (κ2) is 6.78. The molecule has 110 valence electrons. The molecular formula is C16H17ClN2OS. The Kier molecular flexibility index (Phi) is 5.04. The van der Waals surface area contributed by atoms with Crippen LogP contribution in [0.2, 0.25) is 5.02 Å². The van der Waals surface area contributed by atoms with E-state index in [-0.39, 0.29) is 0 Å². The number of aryl methyl sites for hydroxylation is 1. The Morgan fingerprint density at radius 1 is 1.10 bits per heavy atom. The highest BCUT2D eigenvalue weighted by Crippen LogP contribution is 2.24. The molecule has 0 fully saturated rings. The quantitative estimate of drug-likeness (QED) is 0.798. The lowest BCUT2D eigenvalue weighted by molar-refractivity contribution is 0.414. The molecule has 21 heavy (non-hydrogen) atoms. The standard InChI is InChI=1S/C16H17ClN2OS/c1-10-9-12(20-3)7-8-14(10)18-16(21)19-15-6-4-5-13(17)11(15)2/h4-9H,1-3H3,(H2,18,19,21). The van der Waals surface area contributed by atoms with E-state index in [0.717, 1.165) is 28.3 Å². The maximum atomic E-state index is 6.10. The summed E-state index contributed by atoms with van der Waals surface area (Å²) in [5.74, 6) is 0.822. The molecule has 3 nitrogen and oxygen atoms in total. The Labute approximate surface area is 135 Å². The van der Waals surface area contributed by atoms with Crippen molar-refractivity contribution < 1.29 is 4.74 Å². The van der Waals surface area contributed by atoms with Crippen LogP contribution < -0.4 is 15.4 Å². The van der Waals surface area contributed by atoms with Gasteiger partial charge in [0.25, 0.3) is 0 Å². The van der Waals surface area contributed by atoms with Crippen molar-refractivity contribution in [3.63, 3.8) is 0 Å². The molecule has 0 bridgehead atoms. The first-order valence-corrected chi connectivity index (χ1v) is 7.27. The lowest BCUT2D eigenvalue weighted by atomic mass is 10.2. The highest BCUT2D eigenvalue weighted by molar-refractivity contribution is 7.80. The topological polar surface area (TPSA) is 33.3 Å². The fraction of sp³-hybridized carbons (Fsp3) is 0.188. The van der Waals surface area contributed by atoms with Crippen molar-refractivity contribution in [1.29, 1.82) is 0 Å². The minimum Gasteiger partial charge on any atom is -0.497 e. The summed E-state index contributed by atoms with van der Waals surface area (Å²) in [7, 11) is 1.65. The van der Waals surface area contributed by atoms with E-state index in [4.69, 9.17) is 28.6 Å². The Bertz CT molecular complexity index is 673. The van der Waals surface area contributed by atoms with Crippen LogP contribution in [0.15, 0.2) is 36.4 Å². The molecule has 5 heteroatoms. The number of hydrogen-bond donors (Lipinski definition) is 2. The zero-order chi connectivity index (χ0) is 15.4. The SMILES string of the molecule is COc1ccc(NC(=S)Nc2cccc(Cl)c2C)c(C)c1. The zero-order valence-electron chi connectivity index (χ0n) is 12.2. The predicted octanol–water partition coefficient (Wildman–Crippen LogP) is 4.77. The van der Waals surface area contributed by atoms with Crippen molar-refractivity contribution in [3.05, 3.63) is 52.5 Å². The number of rotatable bonds is 3. The first-order chi connectivity index (χ1) is 10.0. The van der Waals surface area contributed by atoms with Crippen LogP contribution >= 0.6 is 23.8 Å². The number of thiocarbonyl (C=S) groups is 1. The Morgan fingerprint density at radius 3 is 2.48 bits per heavy atom. The predicted molar refractivity (Wildman–Crippen MR) is 93.8 cm³/mol. The van der Waals surface area contributed by atoms with Gasteiger partial charge < -0.3 is 15.4 Å². The minimum absolute atomic E-state index is 0.522. The number of methoxy groups -OCH3 is 1. The maximum Gasteiger partial charge on any atom is 0.175 e. The average molecular weight is 321 g/mol. The molecule has 0 saturated heterocycles. The molecule has 2 rings (SSSR count). The van der Waals surface area contributed by atoms with Crippen LogP contribution in [0, 0.1) is 13.8 Å². The number of ether oxygens (including phenoxy) is 1. The number of benzene rings is 2. The van der Waals surface area contributed by atoms with Crippen LogP contribution in [0.5, 0.6) is 5.75 Å². The molecule has 0 heterocycles. The first-order valence-electron chi connectivity index (χ1n) is 6.49. The molecule has 2 aromatic rings. The molecule has 2 aromatic carbocycles. The summed E-state index contributed by atoms with van der Waals surface area (Å²) in [4.78, 5) is 0. The van der Waals surface area contributed by atoms with Gasteiger partial charge in [0.15, 0.2) is 5.11 Å². The summed E-state index contributed by atoms with van der Waals surface area (Å²) in [6.07, 6.45) is 0. The average Bonchev–Trinajstić information content (AvgIpc) is 2.46. The molecule has 2 N–H and O–H groups in total. The number of nitrogens with one attached hydrogen (secondary N) is 2. The van der Waals surface area contributed by atoms with E-state index < -0.39 is 0 Å². The molecule has 0 aromatic heterocycles. The number of halogens is 1. The fourth-order valence-corrected chi connectivity index (χ4v) is 2.32.